The number of nitrogens with zero attached hydrogens (tertiary/aromatic N) is 2. The van der Waals surface area contributed by atoms with E-state index >= 15 is 0 Å². The molecule has 2 aromatic carbocycles. The summed E-state index contributed by atoms with van der Waals surface area (Å²) >= 11 is 0. The van der Waals surface area contributed by atoms with Gasteiger partial charge in [-0.2, -0.15) is 0 Å². The molecule has 3 aromatic rings. The number of imidazole rings is 1. The third-order valence-electron chi connectivity index (χ3n) is 5.25. The van der Waals surface area contributed by atoms with Crippen molar-refractivity contribution in [2.24, 2.45) is 0 Å². The summed E-state index contributed by atoms with van der Waals surface area (Å²) < 4.78 is 7.27. The molecule has 0 bridgehead atoms. The number of urea groups is 1. The molecule has 0 radical (unpaired) electrons. The van der Waals surface area contributed by atoms with Crippen LogP contribution in [0.3, 0.4) is 0 Å². The molecule has 7 heteroatoms. The molecule has 2 N–H and O–H groups in total. The molecule has 2 heterocycles. The largest absolute Gasteiger partial charge is 0.463 e. The molecule has 30 heavy (non-hydrogen) atoms. The van der Waals surface area contributed by atoms with Crippen molar-refractivity contribution in [3.63, 3.8) is 0 Å². The van der Waals surface area contributed by atoms with Crippen LogP contribution in [-0.2, 0) is 16.1 Å². The van der Waals surface area contributed by atoms with Gasteiger partial charge in [-0.25, -0.2) is 14.6 Å². The Hall–Kier alpha value is -3.61. The lowest BCUT2D eigenvalue weighted by Crippen LogP contribution is -2.47. The molecular weight excluding hydrogens is 380 g/mol. The fraction of sp³-hybridized carbons (Fsp3) is 0.261. The Labute approximate surface area is 174 Å². The van der Waals surface area contributed by atoms with E-state index in [2.05, 4.69) is 15.6 Å². The third kappa shape index (κ3) is 3.66. The lowest BCUT2D eigenvalue weighted by Gasteiger charge is -2.30. The summed E-state index contributed by atoms with van der Waals surface area (Å²) in [6.07, 6.45) is 1.71. The molecule has 4 rings (SSSR count). The molecular formula is C23H24N4O3. The van der Waals surface area contributed by atoms with Gasteiger partial charge in [-0.3, -0.25) is 0 Å². The van der Waals surface area contributed by atoms with Crippen molar-refractivity contribution in [2.45, 2.75) is 33.4 Å². The summed E-state index contributed by atoms with van der Waals surface area (Å²) in [5.41, 5.74) is 5.59. The van der Waals surface area contributed by atoms with Gasteiger partial charge in [-0.05, 0) is 44.0 Å². The number of carbonyl (C=O) groups excluding carboxylic acids is 2. The van der Waals surface area contributed by atoms with Gasteiger partial charge in [0.1, 0.15) is 0 Å². The zero-order valence-corrected chi connectivity index (χ0v) is 17.2. The summed E-state index contributed by atoms with van der Waals surface area (Å²) in [6, 6.07) is 12.8. The Morgan fingerprint density at radius 1 is 1.20 bits per heavy atom. The number of carbonyl (C=O) groups is 2. The summed E-state index contributed by atoms with van der Waals surface area (Å²) in [4.78, 5) is 29.9. The highest BCUT2D eigenvalue weighted by Crippen LogP contribution is 2.31. The van der Waals surface area contributed by atoms with Crippen LogP contribution in [0.25, 0.3) is 11.0 Å². The maximum atomic E-state index is 13.0. The molecule has 2 amide bonds. The molecule has 0 aliphatic carbocycles. The number of rotatable bonds is 5. The summed E-state index contributed by atoms with van der Waals surface area (Å²) in [7, 11) is 0. The number of amides is 2. The number of para-hydroxylation sites is 2. The first-order valence-corrected chi connectivity index (χ1v) is 9.92. The van der Waals surface area contributed by atoms with Gasteiger partial charge in [0.2, 0.25) is 0 Å². The molecule has 1 atom stereocenters. The molecule has 1 aromatic heterocycles. The zero-order valence-electron chi connectivity index (χ0n) is 17.2. The lowest BCUT2D eigenvalue weighted by molar-refractivity contribution is -0.139. The van der Waals surface area contributed by atoms with Crippen LogP contribution in [0.2, 0.25) is 0 Å². The molecule has 0 spiro atoms. The number of hydrogen-bond donors (Lipinski definition) is 2. The first kappa shape index (κ1) is 19.7. The smallest absolute Gasteiger partial charge is 0.338 e. The van der Waals surface area contributed by atoms with Gasteiger partial charge < -0.3 is 19.9 Å². The molecule has 1 aliphatic heterocycles. The van der Waals surface area contributed by atoms with Crippen molar-refractivity contribution in [1.82, 2.24) is 20.2 Å². The number of aryl methyl sites for hydroxylation is 2. The van der Waals surface area contributed by atoms with Gasteiger partial charge in [0, 0.05) is 0 Å². The van der Waals surface area contributed by atoms with Crippen LogP contribution in [0.15, 0.2) is 60.1 Å². The van der Waals surface area contributed by atoms with Crippen LogP contribution < -0.4 is 10.6 Å². The normalized spacial score (nSPS) is 16.4. The van der Waals surface area contributed by atoms with Gasteiger partial charge in [0.15, 0.2) is 0 Å². The maximum Gasteiger partial charge on any atom is 0.338 e. The molecule has 7 nitrogen and oxygen atoms in total. The van der Waals surface area contributed by atoms with Crippen molar-refractivity contribution < 1.29 is 14.3 Å². The fourth-order valence-corrected chi connectivity index (χ4v) is 3.80. The van der Waals surface area contributed by atoms with E-state index in [0.29, 0.717) is 17.8 Å². The SMILES string of the molecule is CCOC(=O)C1=C(Cn2cnc3ccccc32)NC(=O)N[C@H]1c1cc(C)ccc1C. The van der Waals surface area contributed by atoms with E-state index in [4.69, 9.17) is 4.74 Å². The van der Waals surface area contributed by atoms with E-state index in [1.54, 1.807) is 13.3 Å². The minimum absolute atomic E-state index is 0.247. The second-order valence-electron chi connectivity index (χ2n) is 7.37. The first-order chi connectivity index (χ1) is 14.5. The van der Waals surface area contributed by atoms with E-state index in [9.17, 15) is 9.59 Å². The zero-order chi connectivity index (χ0) is 21.3. The number of benzene rings is 2. The second kappa shape index (κ2) is 8.02. The number of ether oxygens (including phenoxy) is 1. The van der Waals surface area contributed by atoms with Crippen molar-refractivity contribution in [3.8, 4) is 0 Å². The van der Waals surface area contributed by atoms with E-state index in [1.165, 1.54) is 0 Å². The van der Waals surface area contributed by atoms with Crippen molar-refractivity contribution in [1.29, 1.82) is 0 Å². The van der Waals surface area contributed by atoms with Gasteiger partial charge in [-0.15, -0.1) is 0 Å². The number of fused-ring (bicyclic) bond motifs is 1. The number of nitrogens with one attached hydrogen (secondary N) is 2. The average Bonchev–Trinajstić information content (AvgIpc) is 3.12. The standard InChI is InChI=1S/C23H24N4O3/c1-4-30-22(28)20-18(12-27-13-24-17-7-5-6-8-19(17)27)25-23(29)26-21(20)16-11-14(2)9-10-15(16)3/h5-11,13,21H,4,12H2,1-3H3,(H2,25,26,29)/t21-/m0/s1. The van der Waals surface area contributed by atoms with Gasteiger partial charge in [0.05, 0.1) is 47.8 Å². The highest BCUT2D eigenvalue weighted by Gasteiger charge is 2.34. The van der Waals surface area contributed by atoms with Gasteiger partial charge in [0.25, 0.3) is 0 Å². The Kier molecular flexibility index (Phi) is 5.27. The number of hydrogen-bond acceptors (Lipinski definition) is 4. The van der Waals surface area contributed by atoms with Crippen molar-refractivity contribution in [2.75, 3.05) is 6.61 Å². The van der Waals surface area contributed by atoms with Crippen LogP contribution in [-0.4, -0.2) is 28.2 Å². The number of aromatic nitrogens is 2. The Bertz CT molecular complexity index is 1160. The Balaban J connectivity index is 1.85. The van der Waals surface area contributed by atoms with Crippen LogP contribution in [0.4, 0.5) is 4.79 Å². The van der Waals surface area contributed by atoms with Crippen LogP contribution in [0.5, 0.6) is 0 Å². The molecule has 0 saturated heterocycles. The predicted octanol–water partition coefficient (Wildman–Crippen LogP) is 3.52. The summed E-state index contributed by atoms with van der Waals surface area (Å²) in [6.45, 7) is 6.26. The number of esters is 1. The molecule has 154 valence electrons. The fourth-order valence-electron chi connectivity index (χ4n) is 3.80. The van der Waals surface area contributed by atoms with Crippen molar-refractivity contribution >= 4 is 23.0 Å². The van der Waals surface area contributed by atoms with Crippen LogP contribution >= 0.6 is 0 Å². The Morgan fingerprint density at radius 2 is 2.00 bits per heavy atom. The van der Waals surface area contributed by atoms with Crippen molar-refractivity contribution in [3.05, 3.63) is 76.8 Å². The predicted molar refractivity (Wildman–Crippen MR) is 114 cm³/mol. The van der Waals surface area contributed by atoms with E-state index in [-0.39, 0.29) is 12.6 Å². The van der Waals surface area contributed by atoms with E-state index in [1.807, 2.05) is 60.9 Å². The monoisotopic (exact) mass is 404 g/mol. The Morgan fingerprint density at radius 3 is 2.80 bits per heavy atom. The highest BCUT2D eigenvalue weighted by atomic mass is 16.5. The average molecular weight is 404 g/mol. The summed E-state index contributed by atoms with van der Waals surface area (Å²) in [5.74, 6) is -0.449. The molecule has 0 saturated carbocycles. The first-order valence-electron chi connectivity index (χ1n) is 9.92. The van der Waals surface area contributed by atoms with Gasteiger partial charge in [-0.1, -0.05) is 35.9 Å². The van der Waals surface area contributed by atoms with Crippen LogP contribution in [0.1, 0.15) is 29.7 Å². The quantitative estimate of drug-likeness (QED) is 0.637. The molecule has 0 fully saturated rings. The lowest BCUT2D eigenvalue weighted by atomic mass is 9.91. The molecule has 0 unspecified atom stereocenters. The maximum absolute atomic E-state index is 13.0. The minimum atomic E-state index is -0.595. The minimum Gasteiger partial charge on any atom is -0.463 e. The second-order valence-corrected chi connectivity index (χ2v) is 7.37. The number of allylic oxidation sites excluding steroid dienone is 1. The summed E-state index contributed by atoms with van der Waals surface area (Å²) in [5, 5.41) is 5.73. The topological polar surface area (TPSA) is 85.2 Å². The van der Waals surface area contributed by atoms with E-state index in [0.717, 1.165) is 27.7 Å². The molecule has 1 aliphatic rings. The third-order valence-corrected chi connectivity index (χ3v) is 5.25. The van der Waals surface area contributed by atoms with E-state index < -0.39 is 12.0 Å². The van der Waals surface area contributed by atoms with Gasteiger partial charge >= 0.3 is 12.0 Å². The highest BCUT2D eigenvalue weighted by molar-refractivity contribution is 5.95. The van der Waals surface area contributed by atoms with Crippen LogP contribution in [0, 0.1) is 13.8 Å².